The summed E-state index contributed by atoms with van der Waals surface area (Å²) in [6.45, 7) is 0.496. The van der Waals surface area contributed by atoms with Crippen molar-refractivity contribution in [3.63, 3.8) is 0 Å². The number of nitrogens with one attached hydrogen (secondary N) is 2. The van der Waals surface area contributed by atoms with Gasteiger partial charge in [-0.25, -0.2) is 0 Å². The Morgan fingerprint density at radius 1 is 1.28 bits per heavy atom. The molecule has 0 bridgehead atoms. The molecule has 1 saturated heterocycles. The van der Waals surface area contributed by atoms with Gasteiger partial charge in [-0.1, -0.05) is 18.2 Å². The largest absolute Gasteiger partial charge is 0.480 e. The second-order valence-electron chi connectivity index (χ2n) is 4.07. The van der Waals surface area contributed by atoms with Gasteiger partial charge >= 0.3 is 5.97 Å². The van der Waals surface area contributed by atoms with E-state index in [-0.39, 0.29) is 24.4 Å². The van der Waals surface area contributed by atoms with Crippen molar-refractivity contribution in [3.8, 4) is 0 Å². The summed E-state index contributed by atoms with van der Waals surface area (Å²) < 4.78 is 0. The minimum absolute atomic E-state index is 0. The monoisotopic (exact) mass is 270 g/mol. The first kappa shape index (κ1) is 14.5. The van der Waals surface area contributed by atoms with Gasteiger partial charge in [0.2, 0.25) is 0 Å². The number of aliphatic carboxylic acids is 1. The van der Waals surface area contributed by atoms with Crippen LogP contribution in [0.2, 0.25) is 0 Å². The van der Waals surface area contributed by atoms with E-state index in [0.717, 1.165) is 0 Å². The Morgan fingerprint density at radius 3 is 2.50 bits per heavy atom. The Balaban J connectivity index is 0.00000162. The van der Waals surface area contributed by atoms with Gasteiger partial charge in [0.05, 0.1) is 0 Å². The molecule has 2 atom stereocenters. The van der Waals surface area contributed by atoms with Crippen molar-refractivity contribution in [2.24, 2.45) is 0 Å². The molecule has 6 heteroatoms. The summed E-state index contributed by atoms with van der Waals surface area (Å²) in [5, 5.41) is 14.5. The highest BCUT2D eigenvalue weighted by Gasteiger charge is 2.29. The highest BCUT2D eigenvalue weighted by molar-refractivity contribution is 5.94. The number of carboxylic acid groups (broad SMARTS) is 1. The van der Waals surface area contributed by atoms with E-state index in [9.17, 15) is 9.59 Å². The van der Waals surface area contributed by atoms with E-state index in [2.05, 4.69) is 10.6 Å². The molecule has 1 fully saturated rings. The normalized spacial score (nSPS) is 22.0. The summed E-state index contributed by atoms with van der Waals surface area (Å²) in [7, 11) is 0. The zero-order chi connectivity index (χ0) is 12.3. The Bertz CT molecular complexity index is 425. The molecule has 0 aromatic heterocycles. The molecule has 1 amide bonds. The Labute approximate surface area is 111 Å². The molecule has 18 heavy (non-hydrogen) atoms. The molecule has 1 aromatic rings. The van der Waals surface area contributed by atoms with E-state index in [1.54, 1.807) is 24.3 Å². The topological polar surface area (TPSA) is 78.4 Å². The number of hydrogen-bond acceptors (Lipinski definition) is 3. The van der Waals surface area contributed by atoms with Gasteiger partial charge in [-0.3, -0.25) is 9.59 Å². The summed E-state index contributed by atoms with van der Waals surface area (Å²) in [5.41, 5.74) is 0.589. The quantitative estimate of drug-likeness (QED) is 0.754. The Kier molecular flexibility index (Phi) is 5.12. The summed E-state index contributed by atoms with van der Waals surface area (Å²) in [4.78, 5) is 22.5. The molecular weight excluding hydrogens is 256 g/mol. The maximum absolute atomic E-state index is 11.8. The van der Waals surface area contributed by atoms with Gasteiger partial charge in [0, 0.05) is 18.2 Å². The van der Waals surface area contributed by atoms with Crippen molar-refractivity contribution < 1.29 is 14.7 Å². The lowest BCUT2D eigenvalue weighted by Crippen LogP contribution is -2.36. The lowest BCUT2D eigenvalue weighted by atomic mass is 10.1. The third-order valence-corrected chi connectivity index (χ3v) is 2.80. The van der Waals surface area contributed by atoms with Crippen molar-refractivity contribution >= 4 is 24.3 Å². The maximum atomic E-state index is 11.8. The van der Waals surface area contributed by atoms with Crippen molar-refractivity contribution in [1.82, 2.24) is 10.6 Å². The van der Waals surface area contributed by atoms with Gasteiger partial charge in [-0.15, -0.1) is 12.4 Å². The van der Waals surface area contributed by atoms with Gasteiger partial charge in [0.1, 0.15) is 6.04 Å². The number of amides is 1. The smallest absolute Gasteiger partial charge is 0.320 e. The van der Waals surface area contributed by atoms with Crippen molar-refractivity contribution in [2.75, 3.05) is 6.54 Å². The van der Waals surface area contributed by atoms with E-state index in [0.29, 0.717) is 18.5 Å². The molecule has 2 rings (SSSR count). The predicted molar refractivity (Wildman–Crippen MR) is 69.0 cm³/mol. The van der Waals surface area contributed by atoms with E-state index in [1.165, 1.54) is 0 Å². The predicted octanol–water partition coefficient (Wildman–Crippen LogP) is 0.653. The molecule has 0 aliphatic carbocycles. The van der Waals surface area contributed by atoms with Crippen LogP contribution in [0.15, 0.2) is 30.3 Å². The van der Waals surface area contributed by atoms with E-state index in [1.807, 2.05) is 6.07 Å². The molecule has 1 aliphatic rings. The number of carbonyl (C=O) groups excluding carboxylic acids is 1. The zero-order valence-corrected chi connectivity index (χ0v) is 10.4. The maximum Gasteiger partial charge on any atom is 0.320 e. The van der Waals surface area contributed by atoms with Crippen LogP contribution in [0.4, 0.5) is 0 Å². The molecule has 5 nitrogen and oxygen atoms in total. The average molecular weight is 271 g/mol. The van der Waals surface area contributed by atoms with Gasteiger partial charge in [0.25, 0.3) is 5.91 Å². The Hall–Kier alpha value is -1.59. The molecule has 0 saturated carbocycles. The average Bonchev–Trinajstić information content (AvgIpc) is 2.79. The van der Waals surface area contributed by atoms with Gasteiger partial charge in [-0.05, 0) is 18.6 Å². The van der Waals surface area contributed by atoms with Crippen molar-refractivity contribution in [1.29, 1.82) is 0 Å². The van der Waals surface area contributed by atoms with Crippen LogP contribution in [0.3, 0.4) is 0 Å². The molecule has 1 aliphatic heterocycles. The molecular formula is C12H15ClN2O3. The molecule has 0 spiro atoms. The highest BCUT2D eigenvalue weighted by atomic mass is 35.5. The van der Waals surface area contributed by atoms with Gasteiger partial charge in [0.15, 0.2) is 0 Å². The number of carbonyl (C=O) groups is 2. The lowest BCUT2D eigenvalue weighted by Gasteiger charge is -2.11. The van der Waals surface area contributed by atoms with Crippen LogP contribution in [0, 0.1) is 0 Å². The first-order chi connectivity index (χ1) is 8.16. The van der Waals surface area contributed by atoms with Crippen LogP contribution < -0.4 is 10.6 Å². The molecule has 3 N–H and O–H groups in total. The van der Waals surface area contributed by atoms with Crippen molar-refractivity contribution in [2.45, 2.75) is 18.5 Å². The summed E-state index contributed by atoms with van der Waals surface area (Å²) >= 11 is 0. The van der Waals surface area contributed by atoms with E-state index >= 15 is 0 Å². The van der Waals surface area contributed by atoms with Crippen LogP contribution in [-0.4, -0.2) is 35.6 Å². The number of carboxylic acids is 1. The summed E-state index contributed by atoms with van der Waals surface area (Å²) in [6.07, 6.45) is 0.425. The van der Waals surface area contributed by atoms with Crippen LogP contribution in [0.1, 0.15) is 16.8 Å². The first-order valence-corrected chi connectivity index (χ1v) is 5.49. The molecule has 0 radical (unpaired) electrons. The van der Waals surface area contributed by atoms with E-state index in [4.69, 9.17) is 5.11 Å². The zero-order valence-electron chi connectivity index (χ0n) is 9.63. The fourth-order valence-electron chi connectivity index (χ4n) is 1.89. The number of hydrogen-bond donors (Lipinski definition) is 3. The fraction of sp³-hybridized carbons (Fsp3) is 0.333. The van der Waals surface area contributed by atoms with E-state index < -0.39 is 12.0 Å². The number of benzene rings is 1. The fourth-order valence-corrected chi connectivity index (χ4v) is 1.89. The van der Waals surface area contributed by atoms with Crippen LogP contribution >= 0.6 is 12.4 Å². The Morgan fingerprint density at radius 2 is 1.94 bits per heavy atom. The van der Waals surface area contributed by atoms with Gasteiger partial charge in [-0.2, -0.15) is 0 Å². The van der Waals surface area contributed by atoms with Crippen LogP contribution in [-0.2, 0) is 4.79 Å². The minimum atomic E-state index is -0.874. The number of rotatable bonds is 3. The summed E-state index contributed by atoms with van der Waals surface area (Å²) in [5.74, 6) is -1.04. The van der Waals surface area contributed by atoms with Crippen molar-refractivity contribution in [3.05, 3.63) is 35.9 Å². The second kappa shape index (κ2) is 6.37. The third-order valence-electron chi connectivity index (χ3n) is 2.80. The molecule has 2 unspecified atom stereocenters. The molecule has 1 heterocycles. The minimum Gasteiger partial charge on any atom is -0.480 e. The lowest BCUT2D eigenvalue weighted by molar-refractivity contribution is -0.139. The van der Waals surface area contributed by atoms with Crippen LogP contribution in [0.25, 0.3) is 0 Å². The third kappa shape index (κ3) is 3.45. The molecule has 98 valence electrons. The number of halogens is 1. The summed E-state index contributed by atoms with van der Waals surface area (Å²) in [6, 6.07) is 8.21. The SMILES string of the molecule is Cl.O=C(NC1CNC(C(=O)O)C1)c1ccccc1. The first-order valence-electron chi connectivity index (χ1n) is 5.49. The highest BCUT2D eigenvalue weighted by Crippen LogP contribution is 2.08. The van der Waals surface area contributed by atoms with Crippen LogP contribution in [0.5, 0.6) is 0 Å². The van der Waals surface area contributed by atoms with Gasteiger partial charge < -0.3 is 15.7 Å². The molecule has 1 aromatic carbocycles. The standard InChI is InChI=1S/C12H14N2O3.ClH/c15-11(8-4-2-1-3-5-8)14-9-6-10(12(16)17)13-7-9;/h1-5,9-10,13H,6-7H2,(H,14,15)(H,16,17);1H. The second-order valence-corrected chi connectivity index (χ2v) is 4.07.